The second-order valence-corrected chi connectivity index (χ2v) is 7.04. The first-order valence-corrected chi connectivity index (χ1v) is 8.70. The van der Waals surface area contributed by atoms with Gasteiger partial charge < -0.3 is 16.4 Å². The second kappa shape index (κ2) is 9.96. The molecule has 134 valence electrons. The van der Waals surface area contributed by atoms with Crippen LogP contribution in [0.25, 0.3) is 0 Å². The van der Waals surface area contributed by atoms with Gasteiger partial charge in [-0.25, -0.2) is 4.79 Å². The Hall–Kier alpha value is -2.04. The van der Waals surface area contributed by atoms with Crippen molar-refractivity contribution in [3.63, 3.8) is 0 Å². The number of unbranched alkanes of at least 4 members (excludes halogenated alkanes) is 1. The summed E-state index contributed by atoms with van der Waals surface area (Å²) in [4.78, 5) is 22.6. The van der Waals surface area contributed by atoms with Crippen molar-refractivity contribution in [3.05, 3.63) is 35.4 Å². The number of nitrogens with one attached hydrogen (secondary N) is 2. The molecule has 0 radical (unpaired) electrons. The third kappa shape index (κ3) is 8.56. The fourth-order valence-corrected chi connectivity index (χ4v) is 2.33. The molecule has 0 heterocycles. The van der Waals surface area contributed by atoms with Gasteiger partial charge in [-0.3, -0.25) is 4.79 Å². The molecule has 0 aliphatic carbocycles. The average Bonchev–Trinajstić information content (AvgIpc) is 2.53. The van der Waals surface area contributed by atoms with Crippen molar-refractivity contribution in [2.45, 2.75) is 59.4 Å². The van der Waals surface area contributed by atoms with Crippen LogP contribution in [-0.2, 0) is 17.8 Å². The lowest BCUT2D eigenvalue weighted by Crippen LogP contribution is -2.35. The lowest BCUT2D eigenvalue weighted by atomic mass is 9.85. The minimum atomic E-state index is -0.345. The number of hydrogen-bond donors (Lipinski definition) is 3. The van der Waals surface area contributed by atoms with Gasteiger partial charge in [-0.15, -0.1) is 0 Å². The number of hydrogen-bond acceptors (Lipinski definition) is 2. The van der Waals surface area contributed by atoms with Gasteiger partial charge in [0, 0.05) is 13.1 Å². The minimum absolute atomic E-state index is 0.147. The summed E-state index contributed by atoms with van der Waals surface area (Å²) >= 11 is 0. The van der Waals surface area contributed by atoms with Gasteiger partial charge in [-0.05, 0) is 29.4 Å². The summed E-state index contributed by atoms with van der Waals surface area (Å²) < 4.78 is 0. The monoisotopic (exact) mass is 333 g/mol. The predicted molar refractivity (Wildman–Crippen MR) is 97.5 cm³/mol. The molecule has 4 N–H and O–H groups in total. The van der Waals surface area contributed by atoms with Crippen molar-refractivity contribution in [2.24, 2.45) is 11.1 Å². The molecule has 0 aliphatic heterocycles. The van der Waals surface area contributed by atoms with E-state index in [9.17, 15) is 9.59 Å². The smallest absolute Gasteiger partial charge is 0.315 e. The van der Waals surface area contributed by atoms with Gasteiger partial charge in [0.1, 0.15) is 0 Å². The largest absolute Gasteiger partial charge is 0.369 e. The Balaban J connectivity index is 2.18. The molecule has 24 heavy (non-hydrogen) atoms. The second-order valence-electron chi connectivity index (χ2n) is 7.04. The van der Waals surface area contributed by atoms with Crippen molar-refractivity contribution in [2.75, 3.05) is 6.54 Å². The summed E-state index contributed by atoms with van der Waals surface area (Å²) in [5.41, 5.74) is 7.42. The summed E-state index contributed by atoms with van der Waals surface area (Å²) in [6.45, 7) is 7.94. The standard InChI is InChI=1S/C19H31N3O2/c1-4-19(2,3)11-5-6-12-21-18(24)22-14-16-9-7-15(8-10-16)13-17(20)23/h7-10H,4-6,11-14H2,1-3H3,(H2,20,23)(H2,21,22,24). The van der Waals surface area contributed by atoms with E-state index in [0.717, 1.165) is 24.0 Å². The summed E-state index contributed by atoms with van der Waals surface area (Å²) in [5.74, 6) is -0.345. The first-order valence-electron chi connectivity index (χ1n) is 8.70. The molecule has 0 unspecified atom stereocenters. The fourth-order valence-electron chi connectivity index (χ4n) is 2.33. The molecule has 5 heteroatoms. The van der Waals surface area contributed by atoms with E-state index < -0.39 is 0 Å². The molecule has 0 aromatic heterocycles. The third-order valence-corrected chi connectivity index (χ3v) is 4.38. The maximum Gasteiger partial charge on any atom is 0.315 e. The van der Waals surface area contributed by atoms with E-state index in [4.69, 9.17) is 5.73 Å². The Morgan fingerprint density at radius 1 is 1.04 bits per heavy atom. The quantitative estimate of drug-likeness (QED) is 0.575. The third-order valence-electron chi connectivity index (χ3n) is 4.38. The molecule has 1 aromatic rings. The first kappa shape index (κ1) is 20.0. The zero-order valence-electron chi connectivity index (χ0n) is 15.2. The number of benzene rings is 1. The van der Waals surface area contributed by atoms with Crippen LogP contribution in [0, 0.1) is 5.41 Å². The number of primary amides is 1. The van der Waals surface area contributed by atoms with Crippen molar-refractivity contribution in [1.29, 1.82) is 0 Å². The van der Waals surface area contributed by atoms with Crippen LogP contribution in [-0.4, -0.2) is 18.5 Å². The van der Waals surface area contributed by atoms with Crippen LogP contribution in [0.2, 0.25) is 0 Å². The lowest BCUT2D eigenvalue weighted by molar-refractivity contribution is -0.117. The Labute approximate surface area is 145 Å². The SMILES string of the molecule is CCC(C)(C)CCCCNC(=O)NCc1ccc(CC(N)=O)cc1. The highest BCUT2D eigenvalue weighted by molar-refractivity contribution is 5.76. The van der Waals surface area contributed by atoms with Crippen molar-refractivity contribution in [3.8, 4) is 0 Å². The average molecular weight is 333 g/mol. The van der Waals surface area contributed by atoms with Gasteiger partial charge in [0.05, 0.1) is 6.42 Å². The molecule has 0 atom stereocenters. The highest BCUT2D eigenvalue weighted by atomic mass is 16.2. The van der Waals surface area contributed by atoms with Gasteiger partial charge >= 0.3 is 6.03 Å². The minimum Gasteiger partial charge on any atom is -0.369 e. The normalized spacial score (nSPS) is 11.1. The molecule has 5 nitrogen and oxygen atoms in total. The van der Waals surface area contributed by atoms with E-state index in [-0.39, 0.29) is 18.4 Å². The number of nitrogens with two attached hydrogens (primary N) is 1. The number of urea groups is 1. The molecule has 1 aromatic carbocycles. The van der Waals surface area contributed by atoms with Crippen LogP contribution >= 0.6 is 0 Å². The molecular weight excluding hydrogens is 302 g/mol. The molecule has 0 saturated carbocycles. The van der Waals surface area contributed by atoms with E-state index in [2.05, 4.69) is 31.4 Å². The van der Waals surface area contributed by atoms with E-state index in [1.165, 1.54) is 12.8 Å². The van der Waals surface area contributed by atoms with Crippen LogP contribution in [0.1, 0.15) is 57.6 Å². The molecule has 0 spiro atoms. The maximum atomic E-state index is 11.8. The number of carbonyl (C=O) groups is 2. The Bertz CT molecular complexity index is 524. The Kier molecular flexibility index (Phi) is 8.30. The van der Waals surface area contributed by atoms with Gasteiger partial charge in [-0.1, -0.05) is 57.9 Å². The van der Waals surface area contributed by atoms with Crippen LogP contribution in [0.15, 0.2) is 24.3 Å². The van der Waals surface area contributed by atoms with Crippen molar-refractivity contribution in [1.82, 2.24) is 10.6 Å². The van der Waals surface area contributed by atoms with E-state index in [1.54, 1.807) is 0 Å². The van der Waals surface area contributed by atoms with Crippen molar-refractivity contribution < 1.29 is 9.59 Å². The number of carbonyl (C=O) groups excluding carboxylic acids is 2. The molecule has 0 aliphatic rings. The summed E-state index contributed by atoms with van der Waals surface area (Å²) in [6.07, 6.45) is 4.73. The van der Waals surface area contributed by atoms with Gasteiger partial charge in [0.15, 0.2) is 0 Å². The Morgan fingerprint density at radius 2 is 1.67 bits per heavy atom. The summed E-state index contributed by atoms with van der Waals surface area (Å²) in [6, 6.07) is 7.35. The van der Waals surface area contributed by atoms with Crippen molar-refractivity contribution >= 4 is 11.9 Å². The summed E-state index contributed by atoms with van der Waals surface area (Å²) in [5, 5.41) is 5.72. The highest BCUT2D eigenvalue weighted by Crippen LogP contribution is 2.26. The molecular formula is C19H31N3O2. The van der Waals surface area contributed by atoms with E-state index in [0.29, 0.717) is 18.5 Å². The van der Waals surface area contributed by atoms with Crippen LogP contribution in [0.5, 0.6) is 0 Å². The predicted octanol–water partition coefficient (Wildman–Crippen LogP) is 3.12. The summed E-state index contributed by atoms with van der Waals surface area (Å²) in [7, 11) is 0. The van der Waals surface area contributed by atoms with Crippen LogP contribution < -0.4 is 16.4 Å². The first-order chi connectivity index (χ1) is 11.3. The zero-order valence-corrected chi connectivity index (χ0v) is 15.2. The number of rotatable bonds is 10. The topological polar surface area (TPSA) is 84.2 Å². The van der Waals surface area contributed by atoms with Gasteiger partial charge in [-0.2, -0.15) is 0 Å². The van der Waals surface area contributed by atoms with E-state index >= 15 is 0 Å². The highest BCUT2D eigenvalue weighted by Gasteiger charge is 2.13. The molecule has 1 rings (SSSR count). The maximum absolute atomic E-state index is 11.8. The van der Waals surface area contributed by atoms with E-state index in [1.807, 2.05) is 24.3 Å². The molecule has 0 bridgehead atoms. The molecule has 0 saturated heterocycles. The molecule has 3 amide bonds. The molecule has 0 fully saturated rings. The lowest BCUT2D eigenvalue weighted by Gasteiger charge is -2.22. The fraction of sp³-hybridized carbons (Fsp3) is 0.579. The van der Waals surface area contributed by atoms with Gasteiger partial charge in [0.25, 0.3) is 0 Å². The number of amides is 3. The zero-order chi connectivity index (χ0) is 18.0. The van der Waals surface area contributed by atoms with Crippen LogP contribution in [0.3, 0.4) is 0 Å². The Morgan fingerprint density at radius 3 is 2.25 bits per heavy atom. The van der Waals surface area contributed by atoms with Crippen LogP contribution in [0.4, 0.5) is 4.79 Å². The van der Waals surface area contributed by atoms with Gasteiger partial charge in [0.2, 0.25) is 5.91 Å².